The van der Waals surface area contributed by atoms with E-state index in [9.17, 15) is 9.59 Å². The number of aromatic carboxylic acids is 1. The number of carbonyl (C=O) groups excluding carboxylic acids is 1. The maximum Gasteiger partial charge on any atom is 0.338 e. The van der Waals surface area contributed by atoms with Crippen LogP contribution in [0.4, 0.5) is 0 Å². The van der Waals surface area contributed by atoms with E-state index in [1.165, 1.54) is 37.1 Å². The highest BCUT2D eigenvalue weighted by Gasteiger charge is 2.21. The van der Waals surface area contributed by atoms with Crippen molar-refractivity contribution in [3.05, 3.63) is 35.4 Å². The van der Waals surface area contributed by atoms with Gasteiger partial charge < -0.3 is 9.84 Å². The van der Waals surface area contributed by atoms with Crippen LogP contribution in [-0.2, 0) is 4.74 Å². The zero-order valence-corrected chi connectivity index (χ0v) is 15.1. The first-order chi connectivity index (χ1) is 11.5. The maximum absolute atomic E-state index is 12.4. The molecule has 2 atom stereocenters. The Kier molecular flexibility index (Phi) is 9.13. The van der Waals surface area contributed by atoms with Gasteiger partial charge in [-0.05, 0) is 49.4 Å². The van der Waals surface area contributed by atoms with Crippen LogP contribution in [0.2, 0.25) is 0 Å². The summed E-state index contributed by atoms with van der Waals surface area (Å²) >= 11 is 0. The Hall–Kier alpha value is -1.84. The quantitative estimate of drug-likeness (QED) is 0.439. The van der Waals surface area contributed by atoms with Crippen molar-refractivity contribution in [2.45, 2.75) is 71.8 Å². The van der Waals surface area contributed by atoms with E-state index in [2.05, 4.69) is 20.8 Å². The lowest BCUT2D eigenvalue weighted by atomic mass is 9.94. The first-order valence-electron chi connectivity index (χ1n) is 9.03. The molecule has 0 fully saturated rings. The minimum absolute atomic E-state index is 0.0755. The van der Waals surface area contributed by atoms with Crippen molar-refractivity contribution < 1.29 is 19.4 Å². The second-order valence-electron chi connectivity index (χ2n) is 6.44. The maximum atomic E-state index is 12.4. The molecular formula is C20H30O4. The first-order valence-corrected chi connectivity index (χ1v) is 9.03. The summed E-state index contributed by atoms with van der Waals surface area (Å²) in [7, 11) is 0. The van der Waals surface area contributed by atoms with Crippen LogP contribution < -0.4 is 0 Å². The van der Waals surface area contributed by atoms with Crippen LogP contribution in [0.3, 0.4) is 0 Å². The Morgan fingerprint density at radius 3 is 2.12 bits per heavy atom. The lowest BCUT2D eigenvalue weighted by molar-refractivity contribution is 0.0114. The van der Waals surface area contributed by atoms with Gasteiger partial charge in [0.2, 0.25) is 0 Å². The van der Waals surface area contributed by atoms with E-state index in [0.717, 1.165) is 32.1 Å². The summed E-state index contributed by atoms with van der Waals surface area (Å²) in [4.78, 5) is 23.2. The van der Waals surface area contributed by atoms with Crippen LogP contribution >= 0.6 is 0 Å². The van der Waals surface area contributed by atoms with E-state index in [4.69, 9.17) is 9.84 Å². The third-order valence-corrected chi connectivity index (χ3v) is 4.35. The van der Waals surface area contributed by atoms with Gasteiger partial charge in [0.25, 0.3) is 0 Å². The van der Waals surface area contributed by atoms with Crippen LogP contribution in [0.25, 0.3) is 0 Å². The van der Waals surface area contributed by atoms with Gasteiger partial charge in [-0.15, -0.1) is 0 Å². The fraction of sp³-hybridized carbons (Fsp3) is 0.600. The van der Waals surface area contributed by atoms with Gasteiger partial charge in [-0.1, -0.05) is 46.5 Å². The number of unbranched alkanes of at least 4 members (excludes halogenated alkanes) is 3. The molecule has 0 aromatic heterocycles. The summed E-state index contributed by atoms with van der Waals surface area (Å²) < 4.78 is 5.75. The highest BCUT2D eigenvalue weighted by Crippen LogP contribution is 2.21. The average Bonchev–Trinajstić information content (AvgIpc) is 2.57. The van der Waals surface area contributed by atoms with E-state index >= 15 is 0 Å². The molecule has 134 valence electrons. The largest absolute Gasteiger partial charge is 0.478 e. The molecule has 4 nitrogen and oxygen atoms in total. The van der Waals surface area contributed by atoms with Crippen LogP contribution in [0.1, 0.15) is 86.4 Å². The Morgan fingerprint density at radius 1 is 0.958 bits per heavy atom. The molecule has 1 N–H and O–H groups in total. The zero-order valence-electron chi connectivity index (χ0n) is 15.1. The first kappa shape index (κ1) is 20.2. The average molecular weight is 334 g/mol. The van der Waals surface area contributed by atoms with E-state index < -0.39 is 5.97 Å². The van der Waals surface area contributed by atoms with Gasteiger partial charge in [0.05, 0.1) is 11.1 Å². The molecule has 24 heavy (non-hydrogen) atoms. The van der Waals surface area contributed by atoms with Crippen LogP contribution in [0.5, 0.6) is 0 Å². The Labute approximate surface area is 145 Å². The number of esters is 1. The van der Waals surface area contributed by atoms with Crippen LogP contribution in [-0.4, -0.2) is 23.1 Å². The predicted molar refractivity (Wildman–Crippen MR) is 95.4 cm³/mol. The standard InChI is InChI=1S/C20H30O4/c1-4-6-7-8-10-18(15(3)9-5-2)24-20(23)17-13-11-16(12-14-17)19(21)22/h11-15,18H,4-10H2,1-3H3,(H,21,22). The van der Waals surface area contributed by atoms with E-state index in [1.54, 1.807) is 0 Å². The monoisotopic (exact) mass is 334 g/mol. The van der Waals surface area contributed by atoms with E-state index in [-0.39, 0.29) is 17.6 Å². The van der Waals surface area contributed by atoms with Crippen molar-refractivity contribution in [3.8, 4) is 0 Å². The molecule has 0 saturated heterocycles. The van der Waals surface area contributed by atoms with Crippen molar-refractivity contribution in [2.24, 2.45) is 5.92 Å². The highest BCUT2D eigenvalue weighted by molar-refractivity contribution is 5.92. The van der Waals surface area contributed by atoms with Crippen molar-refractivity contribution in [3.63, 3.8) is 0 Å². The SMILES string of the molecule is CCCCCCC(OC(=O)c1ccc(C(=O)O)cc1)C(C)CCC. The topological polar surface area (TPSA) is 63.6 Å². The Balaban J connectivity index is 2.68. The number of hydrogen-bond donors (Lipinski definition) is 1. The highest BCUT2D eigenvalue weighted by atomic mass is 16.5. The third kappa shape index (κ3) is 6.73. The van der Waals surface area contributed by atoms with Gasteiger partial charge in [0.15, 0.2) is 0 Å². The fourth-order valence-corrected chi connectivity index (χ4v) is 2.83. The van der Waals surface area contributed by atoms with E-state index in [1.807, 2.05) is 0 Å². The fourth-order valence-electron chi connectivity index (χ4n) is 2.83. The molecule has 4 heteroatoms. The Morgan fingerprint density at radius 2 is 1.58 bits per heavy atom. The van der Waals surface area contributed by atoms with Crippen molar-refractivity contribution in [1.82, 2.24) is 0 Å². The van der Waals surface area contributed by atoms with E-state index in [0.29, 0.717) is 11.5 Å². The summed E-state index contributed by atoms with van der Waals surface area (Å²) in [6.07, 6.45) is 7.54. The lowest BCUT2D eigenvalue weighted by Crippen LogP contribution is -2.25. The second-order valence-corrected chi connectivity index (χ2v) is 6.44. The van der Waals surface area contributed by atoms with Crippen molar-refractivity contribution >= 4 is 11.9 Å². The minimum atomic E-state index is -1.000. The molecule has 0 radical (unpaired) electrons. The molecule has 1 aromatic rings. The van der Waals surface area contributed by atoms with Gasteiger partial charge in [-0.25, -0.2) is 9.59 Å². The molecule has 0 heterocycles. The number of ether oxygens (including phenoxy) is 1. The molecule has 0 aliphatic rings. The number of rotatable bonds is 11. The van der Waals surface area contributed by atoms with Gasteiger partial charge in [0, 0.05) is 0 Å². The van der Waals surface area contributed by atoms with Crippen LogP contribution in [0.15, 0.2) is 24.3 Å². The molecule has 0 amide bonds. The molecule has 1 rings (SSSR count). The molecule has 0 bridgehead atoms. The molecule has 0 aliphatic carbocycles. The molecule has 0 spiro atoms. The molecule has 0 saturated carbocycles. The lowest BCUT2D eigenvalue weighted by Gasteiger charge is -2.24. The summed E-state index contributed by atoms with van der Waals surface area (Å²) in [5, 5.41) is 8.92. The van der Waals surface area contributed by atoms with Crippen LogP contribution in [0, 0.1) is 5.92 Å². The molecule has 1 aromatic carbocycles. The second kappa shape index (κ2) is 10.8. The number of hydrogen-bond acceptors (Lipinski definition) is 3. The van der Waals surface area contributed by atoms with Gasteiger partial charge in [0.1, 0.15) is 6.10 Å². The summed E-state index contributed by atoms with van der Waals surface area (Å²) in [5.74, 6) is -1.03. The normalized spacial score (nSPS) is 13.3. The zero-order chi connectivity index (χ0) is 17.9. The summed E-state index contributed by atoms with van der Waals surface area (Å²) in [6.45, 7) is 6.45. The van der Waals surface area contributed by atoms with Crippen molar-refractivity contribution in [1.29, 1.82) is 0 Å². The number of carboxylic acid groups (broad SMARTS) is 1. The van der Waals surface area contributed by atoms with Gasteiger partial charge >= 0.3 is 11.9 Å². The predicted octanol–water partition coefficient (Wildman–Crippen LogP) is 5.32. The minimum Gasteiger partial charge on any atom is -0.478 e. The third-order valence-electron chi connectivity index (χ3n) is 4.35. The summed E-state index contributed by atoms with van der Waals surface area (Å²) in [6, 6.07) is 5.91. The molecule has 2 unspecified atom stereocenters. The summed E-state index contributed by atoms with van der Waals surface area (Å²) in [5.41, 5.74) is 0.573. The number of carbonyl (C=O) groups is 2. The number of carboxylic acids is 1. The number of benzene rings is 1. The Bertz CT molecular complexity index is 507. The van der Waals surface area contributed by atoms with Gasteiger partial charge in [-0.2, -0.15) is 0 Å². The van der Waals surface area contributed by atoms with Gasteiger partial charge in [-0.3, -0.25) is 0 Å². The van der Waals surface area contributed by atoms with Crippen molar-refractivity contribution in [2.75, 3.05) is 0 Å². The molecule has 0 aliphatic heterocycles. The molecular weight excluding hydrogens is 304 g/mol. The smallest absolute Gasteiger partial charge is 0.338 e.